The number of anilines is 1. The highest BCUT2D eigenvalue weighted by Crippen LogP contribution is 2.21. The van der Waals surface area contributed by atoms with E-state index in [1.807, 2.05) is 13.0 Å². The predicted molar refractivity (Wildman–Crippen MR) is 80.9 cm³/mol. The summed E-state index contributed by atoms with van der Waals surface area (Å²) in [6.07, 6.45) is 0. The van der Waals surface area contributed by atoms with Crippen LogP contribution in [0.4, 0.5) is 10.1 Å². The van der Waals surface area contributed by atoms with E-state index in [-0.39, 0.29) is 17.2 Å². The Morgan fingerprint density at radius 3 is 2.71 bits per heavy atom. The van der Waals surface area contributed by atoms with Gasteiger partial charge in [-0.25, -0.2) is 9.18 Å². The van der Waals surface area contributed by atoms with Gasteiger partial charge in [0.25, 0.3) is 0 Å². The van der Waals surface area contributed by atoms with Gasteiger partial charge in [0, 0.05) is 11.3 Å². The first-order valence-electron chi connectivity index (χ1n) is 6.37. The number of ether oxygens (including phenoxy) is 1. The van der Waals surface area contributed by atoms with Crippen molar-refractivity contribution in [3.63, 3.8) is 0 Å². The maximum Gasteiger partial charge on any atom is 0.338 e. The summed E-state index contributed by atoms with van der Waals surface area (Å²) in [5.74, 6) is -1.12. The lowest BCUT2D eigenvalue weighted by Gasteiger charge is -2.10. The molecule has 0 aliphatic heterocycles. The molecule has 0 aliphatic carbocycles. The van der Waals surface area contributed by atoms with Crippen molar-refractivity contribution in [1.82, 2.24) is 0 Å². The van der Waals surface area contributed by atoms with Crippen molar-refractivity contribution in [2.75, 3.05) is 5.73 Å². The van der Waals surface area contributed by atoms with E-state index in [0.717, 1.165) is 11.1 Å². The summed E-state index contributed by atoms with van der Waals surface area (Å²) in [7, 11) is 0. The van der Waals surface area contributed by atoms with E-state index in [2.05, 4.69) is 0 Å². The number of rotatable bonds is 3. The van der Waals surface area contributed by atoms with Crippen LogP contribution in [0.3, 0.4) is 0 Å². The lowest BCUT2D eigenvalue weighted by atomic mass is 10.0. The number of aryl methyl sites for hydroxylation is 2. The zero-order valence-electron chi connectivity index (χ0n) is 11.7. The molecule has 0 unspecified atom stereocenters. The van der Waals surface area contributed by atoms with E-state index < -0.39 is 11.8 Å². The molecular weight excluding hydrogens is 293 g/mol. The molecule has 110 valence electrons. The van der Waals surface area contributed by atoms with Crippen LogP contribution in [0.25, 0.3) is 0 Å². The number of hydrogen-bond donors (Lipinski definition) is 1. The van der Waals surface area contributed by atoms with Crippen LogP contribution in [0.2, 0.25) is 5.02 Å². The monoisotopic (exact) mass is 307 g/mol. The fourth-order valence-electron chi connectivity index (χ4n) is 1.97. The maximum absolute atomic E-state index is 13.7. The molecular formula is C16H15ClFNO2. The van der Waals surface area contributed by atoms with Gasteiger partial charge in [-0.15, -0.1) is 0 Å². The number of carbonyl (C=O) groups excluding carboxylic acids is 1. The predicted octanol–water partition coefficient (Wildman–Crippen LogP) is 4.04. The van der Waals surface area contributed by atoms with Crippen molar-refractivity contribution in [2.24, 2.45) is 0 Å². The summed E-state index contributed by atoms with van der Waals surface area (Å²) in [6.45, 7) is 3.47. The van der Waals surface area contributed by atoms with Gasteiger partial charge < -0.3 is 10.5 Å². The second-order valence-corrected chi connectivity index (χ2v) is 5.22. The first-order chi connectivity index (χ1) is 9.90. The van der Waals surface area contributed by atoms with Crippen LogP contribution < -0.4 is 5.73 Å². The molecule has 2 aromatic rings. The number of halogens is 2. The summed E-state index contributed by atoms with van der Waals surface area (Å²) in [5, 5.41) is -0.000639. The summed E-state index contributed by atoms with van der Waals surface area (Å²) in [5.41, 5.74) is 8.57. The molecule has 2 rings (SSSR count). The fourth-order valence-corrected chi connectivity index (χ4v) is 2.16. The number of esters is 1. The lowest BCUT2D eigenvalue weighted by Crippen LogP contribution is -2.09. The Labute approximate surface area is 127 Å². The lowest BCUT2D eigenvalue weighted by molar-refractivity contribution is 0.0468. The zero-order chi connectivity index (χ0) is 15.6. The van der Waals surface area contributed by atoms with E-state index in [1.54, 1.807) is 19.1 Å². The van der Waals surface area contributed by atoms with Crippen LogP contribution in [0.1, 0.15) is 27.0 Å². The summed E-state index contributed by atoms with van der Waals surface area (Å²) in [4.78, 5) is 12.1. The number of hydrogen-bond acceptors (Lipinski definition) is 3. The largest absolute Gasteiger partial charge is 0.457 e. The van der Waals surface area contributed by atoms with Crippen LogP contribution in [-0.4, -0.2) is 5.97 Å². The molecule has 0 aromatic heterocycles. The number of carbonyl (C=O) groups is 1. The first-order valence-corrected chi connectivity index (χ1v) is 6.74. The number of nitrogen functional groups attached to an aromatic ring is 1. The highest BCUT2D eigenvalue weighted by atomic mass is 35.5. The van der Waals surface area contributed by atoms with E-state index >= 15 is 0 Å². The van der Waals surface area contributed by atoms with Gasteiger partial charge in [-0.1, -0.05) is 29.8 Å². The van der Waals surface area contributed by atoms with Gasteiger partial charge in [0.2, 0.25) is 0 Å². The molecule has 0 aliphatic rings. The third-order valence-corrected chi connectivity index (χ3v) is 3.52. The Morgan fingerprint density at radius 2 is 2.00 bits per heavy atom. The molecule has 0 bridgehead atoms. The van der Waals surface area contributed by atoms with Crippen molar-refractivity contribution in [3.05, 3.63) is 63.4 Å². The SMILES string of the molecule is Cc1cc(C)c(C(=O)OCc2cccc(Cl)c2F)cc1N. The molecule has 2 N–H and O–H groups in total. The van der Waals surface area contributed by atoms with Crippen LogP contribution in [0.5, 0.6) is 0 Å². The summed E-state index contributed by atoms with van der Waals surface area (Å²) in [6, 6.07) is 7.94. The molecule has 0 spiro atoms. The van der Waals surface area contributed by atoms with Gasteiger partial charge in [-0.2, -0.15) is 0 Å². The number of nitrogens with two attached hydrogens (primary N) is 1. The Morgan fingerprint density at radius 1 is 1.29 bits per heavy atom. The first kappa shape index (κ1) is 15.3. The van der Waals surface area contributed by atoms with Crippen molar-refractivity contribution in [3.8, 4) is 0 Å². The molecule has 0 amide bonds. The fraction of sp³-hybridized carbons (Fsp3) is 0.188. The van der Waals surface area contributed by atoms with Gasteiger partial charge in [-0.05, 0) is 37.1 Å². The molecule has 0 radical (unpaired) electrons. The average Bonchev–Trinajstić information content (AvgIpc) is 2.44. The quantitative estimate of drug-likeness (QED) is 0.688. The highest BCUT2D eigenvalue weighted by Gasteiger charge is 2.14. The smallest absolute Gasteiger partial charge is 0.338 e. The van der Waals surface area contributed by atoms with Crippen LogP contribution in [0.15, 0.2) is 30.3 Å². The Balaban J connectivity index is 2.16. The van der Waals surface area contributed by atoms with E-state index in [4.69, 9.17) is 22.1 Å². The van der Waals surface area contributed by atoms with Gasteiger partial charge >= 0.3 is 5.97 Å². The van der Waals surface area contributed by atoms with Crippen LogP contribution in [-0.2, 0) is 11.3 Å². The molecule has 0 saturated heterocycles. The minimum Gasteiger partial charge on any atom is -0.457 e. The Bertz CT molecular complexity index is 701. The maximum atomic E-state index is 13.7. The molecule has 0 heterocycles. The summed E-state index contributed by atoms with van der Waals surface area (Å²) >= 11 is 5.68. The van der Waals surface area contributed by atoms with Crippen molar-refractivity contribution >= 4 is 23.3 Å². The van der Waals surface area contributed by atoms with Crippen molar-refractivity contribution in [1.29, 1.82) is 0 Å². The van der Waals surface area contributed by atoms with Gasteiger partial charge in [0.15, 0.2) is 0 Å². The number of benzene rings is 2. The Hall–Kier alpha value is -2.07. The van der Waals surface area contributed by atoms with Gasteiger partial charge in [0.1, 0.15) is 12.4 Å². The molecule has 0 saturated carbocycles. The molecule has 21 heavy (non-hydrogen) atoms. The third kappa shape index (κ3) is 3.34. The standard InChI is InChI=1S/C16H15ClFNO2/c1-9-6-10(2)14(19)7-12(9)16(20)21-8-11-4-3-5-13(17)15(11)18/h3-7H,8,19H2,1-2H3. The third-order valence-electron chi connectivity index (χ3n) is 3.22. The van der Waals surface area contributed by atoms with Crippen LogP contribution in [0, 0.1) is 19.7 Å². The molecule has 3 nitrogen and oxygen atoms in total. The van der Waals surface area contributed by atoms with Crippen molar-refractivity contribution < 1.29 is 13.9 Å². The molecule has 0 atom stereocenters. The van der Waals surface area contributed by atoms with E-state index in [1.165, 1.54) is 12.1 Å². The van der Waals surface area contributed by atoms with Gasteiger partial charge in [0.05, 0.1) is 10.6 Å². The second-order valence-electron chi connectivity index (χ2n) is 4.81. The molecule has 0 fully saturated rings. The normalized spacial score (nSPS) is 10.5. The van der Waals surface area contributed by atoms with Crippen molar-refractivity contribution in [2.45, 2.75) is 20.5 Å². The van der Waals surface area contributed by atoms with Crippen LogP contribution >= 0.6 is 11.6 Å². The minimum atomic E-state index is -0.577. The van der Waals surface area contributed by atoms with E-state index in [9.17, 15) is 9.18 Å². The Kier molecular flexibility index (Phi) is 4.48. The molecule has 2 aromatic carbocycles. The average molecular weight is 308 g/mol. The van der Waals surface area contributed by atoms with E-state index in [0.29, 0.717) is 11.3 Å². The zero-order valence-corrected chi connectivity index (χ0v) is 12.5. The topological polar surface area (TPSA) is 52.3 Å². The van der Waals surface area contributed by atoms with Gasteiger partial charge in [-0.3, -0.25) is 0 Å². The molecule has 5 heteroatoms. The second kappa shape index (κ2) is 6.14. The highest BCUT2D eigenvalue weighted by molar-refractivity contribution is 6.30. The summed E-state index contributed by atoms with van der Waals surface area (Å²) < 4.78 is 18.8. The minimum absolute atomic E-state index is 0.000639.